The lowest BCUT2D eigenvalue weighted by molar-refractivity contribution is 0.102. The maximum Gasteiger partial charge on any atom is 0.255 e. The minimum absolute atomic E-state index is 0.0645. The predicted octanol–water partition coefficient (Wildman–Crippen LogP) is 3.18. The van der Waals surface area contributed by atoms with Gasteiger partial charge >= 0.3 is 0 Å². The average molecular weight is 369 g/mol. The van der Waals surface area contributed by atoms with Gasteiger partial charge in [-0.25, -0.2) is 13.1 Å². The summed E-state index contributed by atoms with van der Waals surface area (Å²) in [6, 6.07) is 15.2. The maximum absolute atomic E-state index is 12.6. The van der Waals surface area contributed by atoms with Crippen LogP contribution in [0.2, 0.25) is 0 Å². The second-order valence-corrected chi connectivity index (χ2v) is 7.53. The van der Waals surface area contributed by atoms with Crippen LogP contribution < -0.4 is 10.0 Å². The van der Waals surface area contributed by atoms with Crippen molar-refractivity contribution in [3.05, 3.63) is 66.4 Å². The molecular weight excluding hydrogens is 350 g/mol. The standard InChI is InChI=1S/C19H19N3O3S/c1-2-11-21-26(24,25)16-9-3-7-15(13-16)19(23)22-17-10-4-6-14-8-5-12-20-18(14)17/h3-10,12-13,21H,2,11H2,1H3,(H,22,23). The third kappa shape index (κ3) is 3.89. The van der Waals surface area contributed by atoms with Crippen LogP contribution in [0.25, 0.3) is 10.9 Å². The first-order valence-corrected chi connectivity index (χ1v) is 9.74. The summed E-state index contributed by atoms with van der Waals surface area (Å²) in [7, 11) is -3.63. The molecule has 0 unspecified atom stereocenters. The molecule has 2 N–H and O–H groups in total. The van der Waals surface area contributed by atoms with Crippen molar-refractivity contribution >= 4 is 32.5 Å². The fourth-order valence-electron chi connectivity index (χ4n) is 2.52. The zero-order valence-electron chi connectivity index (χ0n) is 14.3. The van der Waals surface area contributed by atoms with Gasteiger partial charge in [-0.3, -0.25) is 9.78 Å². The number of carbonyl (C=O) groups is 1. The van der Waals surface area contributed by atoms with Crippen molar-refractivity contribution < 1.29 is 13.2 Å². The largest absolute Gasteiger partial charge is 0.320 e. The third-order valence-electron chi connectivity index (χ3n) is 3.83. The molecule has 0 aliphatic rings. The van der Waals surface area contributed by atoms with Gasteiger partial charge in [-0.15, -0.1) is 0 Å². The number of hydrogen-bond donors (Lipinski definition) is 2. The Hall–Kier alpha value is -2.77. The van der Waals surface area contributed by atoms with Gasteiger partial charge in [0.1, 0.15) is 0 Å². The summed E-state index contributed by atoms with van der Waals surface area (Å²) in [5.41, 5.74) is 1.51. The maximum atomic E-state index is 12.6. The van der Waals surface area contributed by atoms with Gasteiger partial charge in [0, 0.05) is 23.7 Å². The van der Waals surface area contributed by atoms with Crippen LogP contribution in [-0.2, 0) is 10.0 Å². The Balaban J connectivity index is 1.88. The number of hydrogen-bond acceptors (Lipinski definition) is 4. The molecule has 2 aromatic carbocycles. The van der Waals surface area contributed by atoms with Crippen molar-refractivity contribution in [1.29, 1.82) is 0 Å². The van der Waals surface area contributed by atoms with E-state index in [1.54, 1.807) is 24.4 Å². The van der Waals surface area contributed by atoms with Crippen molar-refractivity contribution in [2.45, 2.75) is 18.2 Å². The molecule has 0 spiro atoms. The lowest BCUT2D eigenvalue weighted by Gasteiger charge is -2.10. The molecular formula is C19H19N3O3S. The molecule has 3 rings (SSSR count). The van der Waals surface area contributed by atoms with Crippen molar-refractivity contribution in [2.75, 3.05) is 11.9 Å². The van der Waals surface area contributed by atoms with Crippen LogP contribution in [0, 0.1) is 0 Å². The number of rotatable bonds is 6. The summed E-state index contributed by atoms with van der Waals surface area (Å²) in [5, 5.41) is 3.71. The van der Waals surface area contributed by atoms with Crippen molar-refractivity contribution in [3.63, 3.8) is 0 Å². The predicted molar refractivity (Wildman–Crippen MR) is 102 cm³/mol. The fourth-order valence-corrected chi connectivity index (χ4v) is 3.70. The zero-order chi connectivity index (χ0) is 18.6. The molecule has 0 saturated carbocycles. The number of aromatic nitrogens is 1. The van der Waals surface area contributed by atoms with Gasteiger partial charge in [-0.05, 0) is 36.8 Å². The van der Waals surface area contributed by atoms with Crippen molar-refractivity contribution in [2.24, 2.45) is 0 Å². The van der Waals surface area contributed by atoms with Crippen molar-refractivity contribution in [1.82, 2.24) is 9.71 Å². The summed E-state index contributed by atoms with van der Waals surface area (Å²) in [4.78, 5) is 17.0. The molecule has 7 heteroatoms. The number of nitrogens with zero attached hydrogens (tertiary/aromatic N) is 1. The van der Waals surface area contributed by atoms with Crippen LogP contribution >= 0.6 is 0 Å². The Morgan fingerprint density at radius 2 is 1.85 bits per heavy atom. The molecule has 26 heavy (non-hydrogen) atoms. The minimum Gasteiger partial charge on any atom is -0.320 e. The number of para-hydroxylation sites is 1. The summed E-state index contributed by atoms with van der Waals surface area (Å²) in [6.45, 7) is 2.23. The molecule has 3 aromatic rings. The van der Waals surface area contributed by atoms with E-state index >= 15 is 0 Å². The summed E-state index contributed by atoms with van der Waals surface area (Å²) >= 11 is 0. The van der Waals surface area contributed by atoms with E-state index in [9.17, 15) is 13.2 Å². The minimum atomic E-state index is -3.63. The lowest BCUT2D eigenvalue weighted by atomic mass is 10.1. The molecule has 0 radical (unpaired) electrons. The Labute approximate surface area is 152 Å². The van der Waals surface area contributed by atoms with Crippen LogP contribution in [0.1, 0.15) is 23.7 Å². The topological polar surface area (TPSA) is 88.2 Å². The van der Waals surface area contributed by atoms with Gasteiger partial charge in [0.25, 0.3) is 5.91 Å². The number of anilines is 1. The lowest BCUT2D eigenvalue weighted by Crippen LogP contribution is -2.24. The molecule has 0 fully saturated rings. The number of fused-ring (bicyclic) bond motifs is 1. The number of pyridine rings is 1. The molecule has 1 aromatic heterocycles. The van der Waals surface area contributed by atoms with E-state index in [2.05, 4.69) is 15.0 Å². The highest BCUT2D eigenvalue weighted by Crippen LogP contribution is 2.21. The van der Waals surface area contributed by atoms with Gasteiger partial charge in [0.05, 0.1) is 16.1 Å². The molecule has 0 saturated heterocycles. The fraction of sp³-hybridized carbons (Fsp3) is 0.158. The number of amides is 1. The summed E-state index contributed by atoms with van der Waals surface area (Å²) in [6.07, 6.45) is 2.35. The molecule has 0 aliphatic heterocycles. The number of carbonyl (C=O) groups excluding carboxylic acids is 1. The average Bonchev–Trinajstić information content (AvgIpc) is 2.67. The van der Waals surface area contributed by atoms with Crippen LogP contribution in [0.4, 0.5) is 5.69 Å². The highest BCUT2D eigenvalue weighted by atomic mass is 32.2. The normalized spacial score (nSPS) is 11.4. The van der Waals surface area contributed by atoms with Crippen LogP contribution in [-0.4, -0.2) is 25.9 Å². The van der Waals surface area contributed by atoms with Gasteiger partial charge in [-0.1, -0.05) is 31.2 Å². The van der Waals surface area contributed by atoms with Gasteiger partial charge in [0.15, 0.2) is 0 Å². The monoisotopic (exact) mass is 369 g/mol. The number of benzene rings is 2. The summed E-state index contributed by atoms with van der Waals surface area (Å²) in [5.74, 6) is -0.393. The first-order valence-electron chi connectivity index (χ1n) is 8.26. The van der Waals surface area contributed by atoms with E-state index in [0.29, 0.717) is 24.2 Å². The van der Waals surface area contributed by atoms with Crippen LogP contribution in [0.3, 0.4) is 0 Å². The second kappa shape index (κ2) is 7.63. The molecule has 134 valence electrons. The van der Waals surface area contributed by atoms with Gasteiger partial charge in [0.2, 0.25) is 10.0 Å². The first-order chi connectivity index (χ1) is 12.5. The number of sulfonamides is 1. The SMILES string of the molecule is CCCNS(=O)(=O)c1cccc(C(=O)Nc2cccc3cccnc23)c1. The quantitative estimate of drug-likeness (QED) is 0.698. The summed E-state index contributed by atoms with van der Waals surface area (Å²) < 4.78 is 27.0. The van der Waals surface area contributed by atoms with Crippen molar-refractivity contribution in [3.8, 4) is 0 Å². The molecule has 1 heterocycles. The molecule has 0 bridgehead atoms. The van der Waals surface area contributed by atoms with E-state index in [1.165, 1.54) is 12.1 Å². The van der Waals surface area contributed by atoms with E-state index in [0.717, 1.165) is 5.39 Å². The second-order valence-electron chi connectivity index (χ2n) is 5.76. The van der Waals surface area contributed by atoms with E-state index in [1.807, 2.05) is 31.2 Å². The highest BCUT2D eigenvalue weighted by molar-refractivity contribution is 7.89. The molecule has 1 amide bonds. The molecule has 0 aliphatic carbocycles. The van der Waals surface area contributed by atoms with E-state index in [4.69, 9.17) is 0 Å². The Kier molecular flexibility index (Phi) is 5.29. The van der Waals surface area contributed by atoms with Gasteiger partial charge in [-0.2, -0.15) is 0 Å². The Morgan fingerprint density at radius 3 is 2.65 bits per heavy atom. The third-order valence-corrected chi connectivity index (χ3v) is 5.29. The van der Waals surface area contributed by atoms with Gasteiger partial charge < -0.3 is 5.32 Å². The zero-order valence-corrected chi connectivity index (χ0v) is 15.1. The molecule has 6 nitrogen and oxygen atoms in total. The Morgan fingerprint density at radius 1 is 1.08 bits per heavy atom. The molecule has 0 atom stereocenters. The van der Waals surface area contributed by atoms with Crippen LogP contribution in [0.5, 0.6) is 0 Å². The number of nitrogens with one attached hydrogen (secondary N) is 2. The smallest absolute Gasteiger partial charge is 0.255 e. The Bertz CT molecular complexity index is 1040. The van der Waals surface area contributed by atoms with Crippen LogP contribution in [0.15, 0.2) is 65.7 Å². The first kappa shape index (κ1) is 18.0. The van der Waals surface area contributed by atoms with E-state index in [-0.39, 0.29) is 10.5 Å². The van der Waals surface area contributed by atoms with E-state index < -0.39 is 15.9 Å². The highest BCUT2D eigenvalue weighted by Gasteiger charge is 2.16.